The van der Waals surface area contributed by atoms with E-state index in [1.54, 1.807) is 0 Å². The summed E-state index contributed by atoms with van der Waals surface area (Å²) in [6.45, 7) is 2.44. The van der Waals surface area contributed by atoms with Gasteiger partial charge in [0, 0.05) is 0 Å². The molecule has 98 valence electrons. The highest BCUT2D eigenvalue weighted by Crippen LogP contribution is 2.53. The van der Waals surface area contributed by atoms with Gasteiger partial charge in [0.2, 0.25) is 0 Å². The van der Waals surface area contributed by atoms with Crippen LogP contribution in [0.4, 0.5) is 30.7 Å². The lowest BCUT2D eigenvalue weighted by molar-refractivity contribution is -0.358. The van der Waals surface area contributed by atoms with E-state index in [-0.39, 0.29) is 22.5 Å². The Balaban J connectivity index is 3.33. The maximum absolute atomic E-state index is 13.2. The van der Waals surface area contributed by atoms with E-state index in [1.165, 1.54) is 6.92 Å². The van der Waals surface area contributed by atoms with Gasteiger partial charge < -0.3 is 0 Å². The minimum absolute atomic E-state index is 0.196. The summed E-state index contributed by atoms with van der Waals surface area (Å²) < 4.78 is 87.7. The zero-order valence-electron chi connectivity index (χ0n) is 8.63. The van der Waals surface area contributed by atoms with Gasteiger partial charge >= 0.3 is 18.0 Å². The third-order valence-corrected chi connectivity index (χ3v) is 3.59. The Morgan fingerprint density at radius 1 is 0.941 bits per heavy atom. The Bertz CT molecular complexity index is 415. The van der Waals surface area contributed by atoms with Gasteiger partial charge in [0.1, 0.15) is 0 Å². The third-order valence-electron chi connectivity index (χ3n) is 2.32. The van der Waals surface area contributed by atoms with Crippen LogP contribution in [0.5, 0.6) is 0 Å². The van der Waals surface area contributed by atoms with Gasteiger partial charge in [0.25, 0.3) is 0 Å². The van der Waals surface area contributed by atoms with E-state index in [0.717, 1.165) is 12.3 Å². The summed E-state index contributed by atoms with van der Waals surface area (Å²) in [5.41, 5.74) is 0.00609. The SMILES string of the molecule is Cc1csc(C(F)(F)C(F)(F)C(F)(F)F)c1C. The van der Waals surface area contributed by atoms with Crippen molar-refractivity contribution in [2.24, 2.45) is 0 Å². The lowest BCUT2D eigenvalue weighted by Crippen LogP contribution is -2.49. The van der Waals surface area contributed by atoms with Crippen molar-refractivity contribution in [3.8, 4) is 0 Å². The van der Waals surface area contributed by atoms with Crippen molar-refractivity contribution >= 4 is 11.3 Å². The highest BCUT2D eigenvalue weighted by molar-refractivity contribution is 7.10. The molecule has 8 heteroatoms. The second-order valence-electron chi connectivity index (χ2n) is 3.52. The normalized spacial score (nSPS) is 14.2. The lowest BCUT2D eigenvalue weighted by Gasteiger charge is -2.27. The molecule has 0 unspecified atom stereocenters. The van der Waals surface area contributed by atoms with Crippen molar-refractivity contribution in [1.29, 1.82) is 0 Å². The Hall–Kier alpha value is -0.790. The van der Waals surface area contributed by atoms with Crippen molar-refractivity contribution < 1.29 is 30.7 Å². The molecule has 0 aliphatic carbocycles. The van der Waals surface area contributed by atoms with Crippen LogP contribution in [0.2, 0.25) is 0 Å². The maximum atomic E-state index is 13.2. The molecule has 0 bridgehead atoms. The second kappa shape index (κ2) is 3.86. The minimum Gasteiger partial charge on any atom is -0.193 e. The standard InChI is InChI=1S/C9H7F7S/c1-4-3-17-6(5(4)2)7(10,11)8(12,13)9(14,15)16/h3H,1-2H3. The van der Waals surface area contributed by atoms with Gasteiger partial charge in [-0.3, -0.25) is 0 Å². The monoisotopic (exact) mass is 280 g/mol. The van der Waals surface area contributed by atoms with Crippen LogP contribution in [0.15, 0.2) is 5.38 Å². The number of hydrogen-bond acceptors (Lipinski definition) is 1. The van der Waals surface area contributed by atoms with Gasteiger partial charge in [-0.1, -0.05) is 0 Å². The molecule has 0 nitrogen and oxygen atoms in total. The molecule has 0 saturated heterocycles. The topological polar surface area (TPSA) is 0 Å². The molecule has 1 rings (SSSR count). The van der Waals surface area contributed by atoms with Crippen LogP contribution >= 0.6 is 11.3 Å². The number of thiophene rings is 1. The van der Waals surface area contributed by atoms with E-state index < -0.39 is 22.9 Å². The summed E-state index contributed by atoms with van der Waals surface area (Å²) in [5, 5.41) is 1.12. The van der Waals surface area contributed by atoms with E-state index in [1.807, 2.05) is 0 Å². The summed E-state index contributed by atoms with van der Waals surface area (Å²) in [5.74, 6) is -11.3. The van der Waals surface area contributed by atoms with Crippen LogP contribution in [-0.4, -0.2) is 12.1 Å². The summed E-state index contributed by atoms with van der Waals surface area (Å²) >= 11 is 0.196. The first-order chi connectivity index (χ1) is 7.43. The number of halogens is 7. The van der Waals surface area contributed by atoms with E-state index in [4.69, 9.17) is 0 Å². The fourth-order valence-corrected chi connectivity index (χ4v) is 2.22. The Morgan fingerprint density at radius 2 is 1.41 bits per heavy atom. The largest absolute Gasteiger partial charge is 0.460 e. The predicted octanol–water partition coefficient (Wildman–Crippen LogP) is 4.65. The van der Waals surface area contributed by atoms with Crippen molar-refractivity contribution in [3.05, 3.63) is 21.4 Å². The van der Waals surface area contributed by atoms with Crippen molar-refractivity contribution in [2.45, 2.75) is 31.9 Å². The van der Waals surface area contributed by atoms with Gasteiger partial charge in [0.15, 0.2) is 0 Å². The smallest absolute Gasteiger partial charge is 0.193 e. The van der Waals surface area contributed by atoms with Crippen LogP contribution in [0.25, 0.3) is 0 Å². The zero-order valence-corrected chi connectivity index (χ0v) is 9.45. The molecule has 0 radical (unpaired) electrons. The molecule has 0 saturated carbocycles. The number of alkyl halides is 7. The molecule has 1 aromatic heterocycles. The van der Waals surface area contributed by atoms with Crippen LogP contribution in [0.3, 0.4) is 0 Å². The summed E-state index contributed by atoms with van der Waals surface area (Å²) in [6, 6.07) is 0. The quantitative estimate of drug-likeness (QED) is 0.691. The first kappa shape index (κ1) is 14.3. The first-order valence-electron chi connectivity index (χ1n) is 4.30. The van der Waals surface area contributed by atoms with Crippen LogP contribution in [0.1, 0.15) is 16.0 Å². The van der Waals surface area contributed by atoms with Gasteiger partial charge in [-0.15, -0.1) is 11.3 Å². The molecule has 0 aliphatic heterocycles. The van der Waals surface area contributed by atoms with Gasteiger partial charge in [-0.05, 0) is 30.4 Å². The predicted molar refractivity (Wildman–Crippen MR) is 48.7 cm³/mol. The number of aryl methyl sites for hydroxylation is 1. The highest BCUT2D eigenvalue weighted by atomic mass is 32.1. The Kier molecular flexibility index (Phi) is 3.24. The van der Waals surface area contributed by atoms with E-state index in [0.29, 0.717) is 0 Å². The molecule has 0 N–H and O–H groups in total. The molecule has 0 aliphatic rings. The lowest BCUT2D eigenvalue weighted by atomic mass is 10.0. The van der Waals surface area contributed by atoms with Gasteiger partial charge in [0.05, 0.1) is 4.88 Å². The van der Waals surface area contributed by atoms with Gasteiger partial charge in [-0.2, -0.15) is 30.7 Å². The maximum Gasteiger partial charge on any atom is 0.460 e. The molecular weight excluding hydrogens is 273 g/mol. The van der Waals surface area contributed by atoms with E-state index in [2.05, 4.69) is 0 Å². The Labute approximate surface area is 96.1 Å². The number of rotatable bonds is 2. The summed E-state index contributed by atoms with van der Waals surface area (Å²) in [4.78, 5) is -1.25. The van der Waals surface area contributed by atoms with E-state index in [9.17, 15) is 30.7 Å². The number of hydrogen-bond donors (Lipinski definition) is 0. The molecule has 1 aromatic rings. The molecule has 0 amide bonds. The summed E-state index contributed by atoms with van der Waals surface area (Å²) in [7, 11) is 0. The second-order valence-corrected chi connectivity index (χ2v) is 4.40. The van der Waals surface area contributed by atoms with Crippen LogP contribution < -0.4 is 0 Å². The van der Waals surface area contributed by atoms with Crippen molar-refractivity contribution in [3.63, 3.8) is 0 Å². The fourth-order valence-electron chi connectivity index (χ4n) is 1.13. The molecular formula is C9H7F7S. The average Bonchev–Trinajstić information content (AvgIpc) is 2.45. The molecule has 0 atom stereocenters. The molecule has 0 spiro atoms. The third kappa shape index (κ3) is 2.02. The van der Waals surface area contributed by atoms with Crippen molar-refractivity contribution in [1.82, 2.24) is 0 Å². The van der Waals surface area contributed by atoms with Crippen LogP contribution in [0, 0.1) is 13.8 Å². The average molecular weight is 280 g/mol. The zero-order chi connectivity index (χ0) is 13.6. The minimum atomic E-state index is -6.29. The van der Waals surface area contributed by atoms with Crippen LogP contribution in [-0.2, 0) is 5.92 Å². The molecule has 1 heterocycles. The summed E-state index contributed by atoms with van der Waals surface area (Å²) in [6.07, 6.45) is -6.29. The van der Waals surface area contributed by atoms with Crippen molar-refractivity contribution in [2.75, 3.05) is 0 Å². The molecule has 0 aromatic carbocycles. The molecule has 17 heavy (non-hydrogen) atoms. The first-order valence-corrected chi connectivity index (χ1v) is 5.18. The Morgan fingerprint density at radius 3 is 1.71 bits per heavy atom. The van der Waals surface area contributed by atoms with E-state index >= 15 is 0 Å². The molecule has 0 fully saturated rings. The van der Waals surface area contributed by atoms with Gasteiger partial charge in [-0.25, -0.2) is 0 Å². The highest BCUT2D eigenvalue weighted by Gasteiger charge is 2.74. The fraction of sp³-hybridized carbons (Fsp3) is 0.556.